The number of imide groups is 1. The van der Waals surface area contributed by atoms with Gasteiger partial charge in [0.2, 0.25) is 11.8 Å². The Kier molecular flexibility index (Phi) is 7.06. The number of nitrogens with zero attached hydrogens (tertiary/aromatic N) is 2. The van der Waals surface area contributed by atoms with Crippen molar-refractivity contribution in [2.45, 2.75) is 25.1 Å². The highest BCUT2D eigenvalue weighted by molar-refractivity contribution is 6.07. The number of aliphatic carboxylic acids is 1. The molecule has 1 aromatic rings. The Balaban J connectivity index is 0.000000383. The van der Waals surface area contributed by atoms with Crippen molar-refractivity contribution >= 4 is 35.0 Å². The van der Waals surface area contributed by atoms with Gasteiger partial charge in [-0.05, 0) is 35.8 Å². The van der Waals surface area contributed by atoms with E-state index in [0.717, 1.165) is 43.0 Å². The second-order valence-corrected chi connectivity index (χ2v) is 7.77. The maximum Gasteiger partial charge on any atom is 0.490 e. The number of fused-ring (bicyclic) bond motifs is 1. The number of carbonyl (C=O) groups is 4. The predicted octanol–water partition coefficient (Wildman–Crippen LogP) is 1.00. The van der Waals surface area contributed by atoms with Gasteiger partial charge >= 0.3 is 12.1 Å². The van der Waals surface area contributed by atoms with Gasteiger partial charge in [0.15, 0.2) is 0 Å². The summed E-state index contributed by atoms with van der Waals surface area (Å²) >= 11 is 0. The highest BCUT2D eigenvalue weighted by Gasteiger charge is 2.39. The first kappa shape index (κ1) is 24.2. The summed E-state index contributed by atoms with van der Waals surface area (Å²) < 4.78 is 31.7. The average Bonchev–Trinajstić information content (AvgIpc) is 2.77. The van der Waals surface area contributed by atoms with Crippen molar-refractivity contribution in [2.75, 3.05) is 37.6 Å². The number of carboxylic acids is 1. The second kappa shape index (κ2) is 9.61. The van der Waals surface area contributed by atoms with Gasteiger partial charge in [-0.25, -0.2) is 4.79 Å². The molecule has 0 aromatic heterocycles. The van der Waals surface area contributed by atoms with E-state index >= 15 is 0 Å². The largest absolute Gasteiger partial charge is 0.490 e. The standard InChI is InChI=1S/C19H22N4O3.C2HF3O2/c1-12-11-23(16-4-5-17(24)21-18(16)25)19(26)14-3-2-13(10-15(12)14)22-8-6-20-7-9-22;3-2(4,5)1(6)7/h2-3,10,16,20H,1,4-9,11H2,(H,21,24,25);(H,6,7). The van der Waals surface area contributed by atoms with Gasteiger partial charge in [-0.1, -0.05) is 6.58 Å². The smallest absolute Gasteiger partial charge is 0.475 e. The van der Waals surface area contributed by atoms with E-state index in [4.69, 9.17) is 9.90 Å². The van der Waals surface area contributed by atoms with E-state index in [1.165, 1.54) is 4.90 Å². The Morgan fingerprint density at radius 3 is 2.33 bits per heavy atom. The average molecular weight is 468 g/mol. The first-order valence-corrected chi connectivity index (χ1v) is 10.2. The lowest BCUT2D eigenvalue weighted by molar-refractivity contribution is -0.192. The summed E-state index contributed by atoms with van der Waals surface area (Å²) in [6, 6.07) is 5.21. The van der Waals surface area contributed by atoms with Crippen LogP contribution in [-0.2, 0) is 14.4 Å². The third kappa shape index (κ3) is 5.51. The minimum absolute atomic E-state index is 0.172. The molecule has 33 heavy (non-hydrogen) atoms. The zero-order valence-corrected chi connectivity index (χ0v) is 17.6. The maximum atomic E-state index is 13.0. The molecule has 178 valence electrons. The molecule has 3 N–H and O–H groups in total. The molecule has 4 rings (SSSR count). The molecule has 0 bridgehead atoms. The lowest BCUT2D eigenvalue weighted by atomic mass is 9.91. The van der Waals surface area contributed by atoms with E-state index in [1.807, 2.05) is 18.2 Å². The zero-order chi connectivity index (χ0) is 24.3. The number of piperazine rings is 1. The quantitative estimate of drug-likeness (QED) is 0.554. The van der Waals surface area contributed by atoms with E-state index in [2.05, 4.69) is 22.1 Å². The zero-order valence-electron chi connectivity index (χ0n) is 17.6. The van der Waals surface area contributed by atoms with Crippen molar-refractivity contribution in [2.24, 2.45) is 0 Å². The Bertz CT molecular complexity index is 989. The molecule has 0 radical (unpaired) electrons. The number of alkyl halides is 3. The third-order valence-corrected chi connectivity index (χ3v) is 5.55. The van der Waals surface area contributed by atoms with Gasteiger partial charge in [0.25, 0.3) is 5.91 Å². The molecule has 3 heterocycles. The van der Waals surface area contributed by atoms with E-state index in [-0.39, 0.29) is 18.2 Å². The summed E-state index contributed by atoms with van der Waals surface area (Å²) in [6.45, 7) is 8.20. The molecule has 0 saturated carbocycles. The molecule has 3 aliphatic rings. The fourth-order valence-electron chi connectivity index (χ4n) is 3.88. The van der Waals surface area contributed by atoms with Crippen LogP contribution in [0.4, 0.5) is 18.9 Å². The molecular weight excluding hydrogens is 445 g/mol. The SMILES string of the molecule is C=C1CN(C2CCC(=O)NC2=O)C(=O)c2ccc(N3CCNCC3)cc21.O=C(O)C(F)(F)F. The number of carboxylic acid groups (broad SMARTS) is 1. The van der Waals surface area contributed by atoms with Gasteiger partial charge in [0.05, 0.1) is 0 Å². The number of anilines is 1. The first-order chi connectivity index (χ1) is 15.5. The Labute approximate surface area is 187 Å². The van der Waals surface area contributed by atoms with E-state index in [0.29, 0.717) is 18.5 Å². The number of halogens is 3. The van der Waals surface area contributed by atoms with Crippen LogP contribution in [0.25, 0.3) is 5.57 Å². The highest BCUT2D eigenvalue weighted by Crippen LogP contribution is 2.32. The maximum absolute atomic E-state index is 13.0. The Hall–Kier alpha value is -3.41. The number of hydrogen-bond acceptors (Lipinski definition) is 6. The molecular formula is C21H23F3N4O5. The van der Waals surface area contributed by atoms with Crippen molar-refractivity contribution in [3.05, 3.63) is 35.9 Å². The van der Waals surface area contributed by atoms with Crippen molar-refractivity contribution < 1.29 is 37.5 Å². The molecule has 9 nitrogen and oxygen atoms in total. The molecule has 0 spiro atoms. The van der Waals surface area contributed by atoms with E-state index < -0.39 is 24.1 Å². The summed E-state index contributed by atoms with van der Waals surface area (Å²) in [5, 5.41) is 12.8. The molecule has 2 saturated heterocycles. The lowest BCUT2D eigenvalue weighted by Crippen LogP contribution is -2.55. The normalized spacial score (nSPS) is 21.1. The molecule has 2 fully saturated rings. The highest BCUT2D eigenvalue weighted by atomic mass is 19.4. The van der Waals surface area contributed by atoms with Gasteiger partial charge in [0.1, 0.15) is 6.04 Å². The molecule has 3 amide bonds. The Morgan fingerprint density at radius 1 is 1.12 bits per heavy atom. The minimum Gasteiger partial charge on any atom is -0.475 e. The van der Waals surface area contributed by atoms with Crippen LogP contribution in [0, 0.1) is 0 Å². The first-order valence-electron chi connectivity index (χ1n) is 10.2. The van der Waals surface area contributed by atoms with Crippen LogP contribution in [0.2, 0.25) is 0 Å². The third-order valence-electron chi connectivity index (χ3n) is 5.55. The number of nitrogens with one attached hydrogen (secondary N) is 2. The van der Waals surface area contributed by atoms with Crippen LogP contribution in [-0.4, -0.2) is 78.6 Å². The van der Waals surface area contributed by atoms with E-state index in [9.17, 15) is 27.6 Å². The molecule has 1 unspecified atom stereocenters. The van der Waals surface area contributed by atoms with Gasteiger partial charge < -0.3 is 20.2 Å². The van der Waals surface area contributed by atoms with Crippen molar-refractivity contribution in [3.8, 4) is 0 Å². The van der Waals surface area contributed by atoms with Crippen LogP contribution < -0.4 is 15.5 Å². The number of benzene rings is 1. The number of carbonyl (C=O) groups excluding carboxylic acids is 3. The monoisotopic (exact) mass is 468 g/mol. The Morgan fingerprint density at radius 2 is 1.76 bits per heavy atom. The van der Waals surface area contributed by atoms with Crippen LogP contribution in [0.5, 0.6) is 0 Å². The van der Waals surface area contributed by atoms with Crippen LogP contribution in [0.1, 0.15) is 28.8 Å². The molecule has 3 aliphatic heterocycles. The number of amides is 3. The molecule has 12 heteroatoms. The number of piperidine rings is 1. The topological polar surface area (TPSA) is 119 Å². The lowest BCUT2D eigenvalue weighted by Gasteiger charge is -2.37. The predicted molar refractivity (Wildman–Crippen MR) is 111 cm³/mol. The van der Waals surface area contributed by atoms with E-state index in [1.54, 1.807) is 0 Å². The summed E-state index contributed by atoms with van der Waals surface area (Å²) in [4.78, 5) is 49.2. The minimum atomic E-state index is -5.08. The fourth-order valence-corrected chi connectivity index (χ4v) is 3.88. The summed E-state index contributed by atoms with van der Waals surface area (Å²) in [5.74, 6) is -3.61. The van der Waals surface area contributed by atoms with Crippen LogP contribution in [0.15, 0.2) is 24.8 Å². The van der Waals surface area contributed by atoms with Crippen molar-refractivity contribution in [3.63, 3.8) is 0 Å². The second-order valence-electron chi connectivity index (χ2n) is 7.77. The van der Waals surface area contributed by atoms with Gasteiger partial charge in [-0.2, -0.15) is 13.2 Å². The van der Waals surface area contributed by atoms with Gasteiger partial charge in [0, 0.05) is 50.4 Å². The van der Waals surface area contributed by atoms with Gasteiger partial charge in [-0.3, -0.25) is 19.7 Å². The summed E-state index contributed by atoms with van der Waals surface area (Å²) in [7, 11) is 0. The van der Waals surface area contributed by atoms with Crippen LogP contribution in [0.3, 0.4) is 0 Å². The number of hydrogen-bond donors (Lipinski definition) is 3. The van der Waals surface area contributed by atoms with Crippen molar-refractivity contribution in [1.82, 2.24) is 15.5 Å². The molecule has 0 aliphatic carbocycles. The molecule has 1 atom stereocenters. The summed E-state index contributed by atoms with van der Waals surface area (Å²) in [5.41, 5.74) is 3.34. The van der Waals surface area contributed by atoms with Crippen LogP contribution >= 0.6 is 0 Å². The van der Waals surface area contributed by atoms with Gasteiger partial charge in [-0.15, -0.1) is 0 Å². The fraction of sp³-hybridized carbons (Fsp3) is 0.429. The summed E-state index contributed by atoms with van der Waals surface area (Å²) in [6.07, 6.45) is -4.47. The molecule has 1 aromatic carbocycles. The van der Waals surface area contributed by atoms with Crippen molar-refractivity contribution in [1.29, 1.82) is 0 Å². The number of rotatable bonds is 2.